The number of halogens is 3. The first-order valence-corrected chi connectivity index (χ1v) is 11.4. The lowest BCUT2D eigenvalue weighted by Crippen LogP contribution is -2.49. The van der Waals surface area contributed by atoms with Crippen LogP contribution < -0.4 is 16.0 Å². The number of ether oxygens (including phenoxy) is 1. The van der Waals surface area contributed by atoms with E-state index < -0.39 is 17.2 Å². The molecule has 1 fully saturated rings. The molecule has 1 aliphatic carbocycles. The van der Waals surface area contributed by atoms with E-state index in [2.05, 4.69) is 4.98 Å². The van der Waals surface area contributed by atoms with E-state index in [0.717, 1.165) is 22.8 Å². The van der Waals surface area contributed by atoms with Crippen molar-refractivity contribution in [2.24, 2.45) is 5.73 Å². The summed E-state index contributed by atoms with van der Waals surface area (Å²) in [7, 11) is 0. The minimum absolute atomic E-state index is 0.0638. The van der Waals surface area contributed by atoms with Crippen LogP contribution in [0.15, 0.2) is 53.5 Å². The molecule has 7 heteroatoms. The summed E-state index contributed by atoms with van der Waals surface area (Å²) in [5.41, 5.74) is 6.76. The summed E-state index contributed by atoms with van der Waals surface area (Å²) in [5, 5.41) is 1.42. The van der Waals surface area contributed by atoms with Gasteiger partial charge in [0, 0.05) is 23.0 Å². The van der Waals surface area contributed by atoms with Crippen molar-refractivity contribution >= 4 is 10.8 Å². The number of benzene rings is 2. The predicted octanol–water partition coefficient (Wildman–Crippen LogP) is 5.85. The number of aromatic nitrogens is 1. The predicted molar refractivity (Wildman–Crippen MR) is 124 cm³/mol. The van der Waals surface area contributed by atoms with Crippen LogP contribution in [0.2, 0.25) is 0 Å². The number of alkyl halides is 3. The van der Waals surface area contributed by atoms with Crippen molar-refractivity contribution < 1.29 is 17.9 Å². The van der Waals surface area contributed by atoms with Crippen molar-refractivity contribution in [3.05, 3.63) is 75.7 Å². The van der Waals surface area contributed by atoms with Crippen LogP contribution in [0.4, 0.5) is 13.2 Å². The smallest absolute Gasteiger partial charge is 0.416 e. The third kappa shape index (κ3) is 4.51. The topological polar surface area (TPSA) is 68.1 Å². The molecule has 0 aliphatic heterocycles. The highest BCUT2D eigenvalue weighted by Gasteiger charge is 2.43. The number of aromatic amines is 1. The SMILES string of the molecule is CC[C@@H](N)C1(c2cccc(C(F)(F)F)c2)CCC(Oc2cc3cc[nH]c(=O)c3cc2C)CC1. The van der Waals surface area contributed by atoms with Crippen LogP contribution in [-0.4, -0.2) is 17.1 Å². The van der Waals surface area contributed by atoms with Gasteiger partial charge in [0.05, 0.1) is 11.7 Å². The molecule has 0 saturated heterocycles. The Labute approximate surface area is 191 Å². The molecule has 33 heavy (non-hydrogen) atoms. The van der Waals surface area contributed by atoms with Crippen molar-refractivity contribution in [1.29, 1.82) is 0 Å². The quantitative estimate of drug-likeness (QED) is 0.504. The normalized spacial score (nSPS) is 22.3. The number of H-pyrrole nitrogens is 1. The van der Waals surface area contributed by atoms with Gasteiger partial charge in [-0.2, -0.15) is 13.2 Å². The molecule has 3 N–H and O–H groups in total. The highest BCUT2D eigenvalue weighted by atomic mass is 19.4. The van der Waals surface area contributed by atoms with E-state index in [4.69, 9.17) is 10.5 Å². The Morgan fingerprint density at radius 1 is 1.18 bits per heavy atom. The van der Waals surface area contributed by atoms with E-state index in [1.165, 1.54) is 12.1 Å². The Balaban J connectivity index is 1.57. The number of fused-ring (bicyclic) bond motifs is 1. The third-order valence-corrected chi connectivity index (χ3v) is 7.10. The standard InChI is InChI=1S/C26H29F3N2O2/c1-3-23(30)25(18-5-4-6-19(15-18)26(27,28)29)10-7-20(8-11-25)33-22-14-17-9-12-31-24(32)21(17)13-16(22)2/h4-6,9,12-15,20,23H,3,7-8,10-11,30H2,1-2H3,(H,31,32)/t20?,23-,25?/m1/s1. The van der Waals surface area contributed by atoms with Crippen LogP contribution in [0.3, 0.4) is 0 Å². The lowest BCUT2D eigenvalue weighted by molar-refractivity contribution is -0.137. The number of nitrogens with two attached hydrogens (primary N) is 1. The summed E-state index contributed by atoms with van der Waals surface area (Å²) in [5.74, 6) is 0.726. The molecule has 0 unspecified atom stereocenters. The number of rotatable bonds is 5. The van der Waals surface area contributed by atoms with E-state index >= 15 is 0 Å². The molecular weight excluding hydrogens is 429 g/mol. The van der Waals surface area contributed by atoms with Crippen LogP contribution in [0.5, 0.6) is 5.75 Å². The van der Waals surface area contributed by atoms with Crippen LogP contribution in [0.25, 0.3) is 10.8 Å². The van der Waals surface area contributed by atoms with Gasteiger partial charge in [-0.1, -0.05) is 25.1 Å². The fourth-order valence-corrected chi connectivity index (χ4v) is 5.12. The molecule has 0 amide bonds. The van der Waals surface area contributed by atoms with E-state index in [9.17, 15) is 18.0 Å². The van der Waals surface area contributed by atoms with E-state index in [1.807, 2.05) is 32.0 Å². The lowest BCUT2D eigenvalue weighted by atomic mass is 9.63. The first-order valence-electron chi connectivity index (χ1n) is 11.4. The molecule has 0 radical (unpaired) electrons. The van der Waals surface area contributed by atoms with Crippen molar-refractivity contribution in [2.45, 2.75) is 69.7 Å². The summed E-state index contributed by atoms with van der Waals surface area (Å²) in [4.78, 5) is 14.7. The van der Waals surface area contributed by atoms with E-state index in [-0.39, 0.29) is 17.7 Å². The Hall–Kier alpha value is -2.80. The number of nitrogens with one attached hydrogen (secondary N) is 1. The summed E-state index contributed by atoms with van der Waals surface area (Å²) >= 11 is 0. The minimum atomic E-state index is -4.39. The number of pyridine rings is 1. The molecule has 0 bridgehead atoms. The summed E-state index contributed by atoms with van der Waals surface area (Å²) in [6.07, 6.45) is 0.531. The maximum absolute atomic E-state index is 13.3. The van der Waals surface area contributed by atoms with Gasteiger partial charge in [0.25, 0.3) is 5.56 Å². The molecule has 0 spiro atoms. The zero-order valence-electron chi connectivity index (χ0n) is 18.8. The molecular formula is C26H29F3N2O2. The second-order valence-electron chi connectivity index (χ2n) is 9.08. The van der Waals surface area contributed by atoms with Gasteiger partial charge in [-0.25, -0.2) is 0 Å². The number of aryl methyl sites for hydroxylation is 1. The van der Waals surface area contributed by atoms with Crippen LogP contribution in [0, 0.1) is 6.92 Å². The van der Waals surface area contributed by atoms with Crippen LogP contribution >= 0.6 is 0 Å². The Bertz CT molecular complexity index is 1190. The first kappa shape index (κ1) is 23.4. The molecule has 4 nitrogen and oxygen atoms in total. The lowest BCUT2D eigenvalue weighted by Gasteiger charge is -2.44. The van der Waals surface area contributed by atoms with Gasteiger partial charge in [0.1, 0.15) is 5.75 Å². The summed E-state index contributed by atoms with van der Waals surface area (Å²) < 4.78 is 46.4. The van der Waals surface area contributed by atoms with Crippen molar-refractivity contribution in [3.8, 4) is 5.75 Å². The molecule has 1 aliphatic rings. The van der Waals surface area contributed by atoms with E-state index in [0.29, 0.717) is 43.1 Å². The Morgan fingerprint density at radius 3 is 2.58 bits per heavy atom. The van der Waals surface area contributed by atoms with E-state index in [1.54, 1.807) is 12.3 Å². The number of hydrogen-bond donors (Lipinski definition) is 2. The second kappa shape index (κ2) is 8.86. The van der Waals surface area contributed by atoms with Crippen LogP contribution in [0.1, 0.15) is 55.7 Å². The fourth-order valence-electron chi connectivity index (χ4n) is 5.12. The molecule has 3 aromatic rings. The minimum Gasteiger partial charge on any atom is -0.490 e. The maximum Gasteiger partial charge on any atom is 0.416 e. The van der Waals surface area contributed by atoms with Crippen molar-refractivity contribution in [3.63, 3.8) is 0 Å². The Morgan fingerprint density at radius 2 is 1.91 bits per heavy atom. The maximum atomic E-state index is 13.3. The molecule has 1 heterocycles. The van der Waals surface area contributed by atoms with Gasteiger partial charge in [-0.15, -0.1) is 0 Å². The molecule has 176 valence electrons. The average Bonchev–Trinajstić information content (AvgIpc) is 2.80. The number of hydrogen-bond acceptors (Lipinski definition) is 3. The molecule has 1 saturated carbocycles. The zero-order valence-corrected chi connectivity index (χ0v) is 18.8. The highest BCUT2D eigenvalue weighted by molar-refractivity contribution is 5.83. The van der Waals surface area contributed by atoms with Crippen LogP contribution in [-0.2, 0) is 11.6 Å². The van der Waals surface area contributed by atoms with Gasteiger partial charge in [-0.3, -0.25) is 4.79 Å². The Kier molecular flexibility index (Phi) is 6.27. The average molecular weight is 459 g/mol. The van der Waals surface area contributed by atoms with Gasteiger partial charge < -0.3 is 15.5 Å². The zero-order chi connectivity index (χ0) is 23.8. The van der Waals surface area contributed by atoms with Crippen molar-refractivity contribution in [2.75, 3.05) is 0 Å². The highest BCUT2D eigenvalue weighted by Crippen LogP contribution is 2.45. The van der Waals surface area contributed by atoms with Gasteiger partial charge in [0.2, 0.25) is 0 Å². The first-order chi connectivity index (χ1) is 15.6. The van der Waals surface area contributed by atoms with Gasteiger partial charge in [-0.05, 0) is 79.8 Å². The molecule has 1 atom stereocenters. The van der Waals surface area contributed by atoms with Gasteiger partial charge in [0.15, 0.2) is 0 Å². The molecule has 4 rings (SSSR count). The molecule has 2 aromatic carbocycles. The van der Waals surface area contributed by atoms with Crippen molar-refractivity contribution in [1.82, 2.24) is 4.98 Å². The third-order valence-electron chi connectivity index (χ3n) is 7.10. The second-order valence-corrected chi connectivity index (χ2v) is 9.08. The molecule has 1 aromatic heterocycles. The largest absolute Gasteiger partial charge is 0.490 e. The monoisotopic (exact) mass is 458 g/mol. The fraction of sp³-hybridized carbons (Fsp3) is 0.423. The summed E-state index contributed by atoms with van der Waals surface area (Å²) in [6, 6.07) is 10.9. The summed E-state index contributed by atoms with van der Waals surface area (Å²) in [6.45, 7) is 3.88. The van der Waals surface area contributed by atoms with Gasteiger partial charge >= 0.3 is 6.18 Å².